The van der Waals surface area contributed by atoms with Gasteiger partial charge in [-0.1, -0.05) is 11.6 Å². The van der Waals surface area contributed by atoms with Crippen LogP contribution in [-0.2, 0) is 4.79 Å². The van der Waals surface area contributed by atoms with Crippen LogP contribution in [0.15, 0.2) is 46.5 Å². The van der Waals surface area contributed by atoms with Crippen LogP contribution in [0.1, 0.15) is 5.56 Å². The number of hydrogen-bond acceptors (Lipinski definition) is 7. The summed E-state index contributed by atoms with van der Waals surface area (Å²) in [6.45, 7) is 0. The van der Waals surface area contributed by atoms with E-state index in [1.807, 2.05) is 0 Å². The number of aliphatic carboxylic acids is 1. The summed E-state index contributed by atoms with van der Waals surface area (Å²) in [5.74, 6) is -1.29. The van der Waals surface area contributed by atoms with E-state index in [9.17, 15) is 25.1 Å². The first kappa shape index (κ1) is 21.1. The summed E-state index contributed by atoms with van der Waals surface area (Å²) >= 11 is 8.37. The van der Waals surface area contributed by atoms with Crippen LogP contribution in [0.25, 0.3) is 17.5 Å². The van der Waals surface area contributed by atoms with Gasteiger partial charge in [0.1, 0.15) is 4.91 Å². The van der Waals surface area contributed by atoms with E-state index in [1.165, 1.54) is 12.1 Å². The lowest BCUT2D eigenvalue weighted by Crippen LogP contribution is -1.98. The van der Waals surface area contributed by atoms with Crippen molar-refractivity contribution in [3.63, 3.8) is 0 Å². The van der Waals surface area contributed by atoms with E-state index in [4.69, 9.17) is 11.6 Å². The number of nitro benzene ring substituents is 1. The van der Waals surface area contributed by atoms with Crippen molar-refractivity contribution in [3.05, 3.63) is 65.6 Å². The van der Waals surface area contributed by atoms with Gasteiger partial charge in [-0.05, 0) is 76.3 Å². The average Bonchev–Trinajstić information content (AvgIpc) is 3.12. The number of aromatic nitrogens is 3. The van der Waals surface area contributed by atoms with Crippen molar-refractivity contribution in [2.24, 2.45) is 0 Å². The molecule has 0 saturated heterocycles. The maximum Gasteiger partial charge on any atom is 0.342 e. The largest absolute Gasteiger partial charge is 0.501 e. The molecule has 0 aliphatic carbocycles. The Kier molecular flexibility index (Phi) is 6.39. The zero-order chi connectivity index (χ0) is 21.1. The van der Waals surface area contributed by atoms with Crippen molar-refractivity contribution in [1.82, 2.24) is 15.2 Å². The number of rotatable bonds is 6. The third-order valence-corrected chi connectivity index (χ3v) is 5.51. The number of carboxylic acid groups (broad SMARTS) is 1. The molecule has 3 aromatic rings. The summed E-state index contributed by atoms with van der Waals surface area (Å²) in [4.78, 5) is 26.1. The molecule has 9 nitrogen and oxygen atoms in total. The fourth-order valence-electron chi connectivity index (χ4n) is 2.24. The Morgan fingerprint density at radius 1 is 1.31 bits per heavy atom. The first-order valence-electron chi connectivity index (χ1n) is 7.72. The molecule has 148 valence electrons. The molecule has 0 radical (unpaired) electrons. The van der Waals surface area contributed by atoms with Gasteiger partial charge in [0.25, 0.3) is 0 Å². The number of carboxylic acids is 1. The number of nitrogens with zero attached hydrogens (tertiary/aromatic N) is 3. The van der Waals surface area contributed by atoms with E-state index >= 15 is 0 Å². The molecular formula is C17H10ClIN4O5S. The number of nitrogens with one attached hydrogen (secondary N) is 1. The standard InChI is InChI=1S/C17H10ClIN4O5S/c18-10-3-1-9(2-4-10)15-20-17(22-21-15)29-13(16(25)26)7-8-5-11(19)14(24)12(6-8)23(27)28/h1-7,24H,(H,25,26)(H,20,21,22)/b13-7-. The predicted octanol–water partition coefficient (Wildman–Crippen LogP) is 4.56. The molecule has 0 bridgehead atoms. The topological polar surface area (TPSA) is 142 Å². The molecule has 0 atom stereocenters. The van der Waals surface area contributed by atoms with Crippen molar-refractivity contribution < 1.29 is 19.9 Å². The molecule has 1 aromatic heterocycles. The van der Waals surface area contributed by atoms with Crippen molar-refractivity contribution >= 4 is 63.7 Å². The highest BCUT2D eigenvalue weighted by Gasteiger charge is 2.19. The lowest BCUT2D eigenvalue weighted by atomic mass is 10.1. The number of H-pyrrole nitrogens is 1. The molecule has 12 heteroatoms. The van der Waals surface area contributed by atoms with Gasteiger partial charge in [0, 0.05) is 16.7 Å². The molecule has 0 aliphatic heterocycles. The Morgan fingerprint density at radius 2 is 2.00 bits per heavy atom. The van der Waals surface area contributed by atoms with Gasteiger partial charge < -0.3 is 10.2 Å². The van der Waals surface area contributed by atoms with Gasteiger partial charge in [-0.15, -0.1) is 5.10 Å². The van der Waals surface area contributed by atoms with Crippen LogP contribution in [0, 0.1) is 13.7 Å². The van der Waals surface area contributed by atoms with Crippen LogP contribution in [-0.4, -0.2) is 36.3 Å². The first-order valence-corrected chi connectivity index (χ1v) is 10.00. The second kappa shape index (κ2) is 8.80. The van der Waals surface area contributed by atoms with Crippen LogP contribution in [0.5, 0.6) is 5.75 Å². The van der Waals surface area contributed by atoms with Crippen LogP contribution in [0.4, 0.5) is 5.69 Å². The van der Waals surface area contributed by atoms with Gasteiger partial charge in [0.15, 0.2) is 5.82 Å². The molecule has 0 aliphatic rings. The third-order valence-electron chi connectivity index (χ3n) is 3.55. The third kappa shape index (κ3) is 5.05. The molecule has 0 amide bonds. The average molecular weight is 545 g/mol. The van der Waals surface area contributed by atoms with Gasteiger partial charge in [0.2, 0.25) is 10.9 Å². The van der Waals surface area contributed by atoms with Crippen LogP contribution < -0.4 is 0 Å². The van der Waals surface area contributed by atoms with Gasteiger partial charge >= 0.3 is 11.7 Å². The molecule has 3 N–H and O–H groups in total. The summed E-state index contributed by atoms with van der Waals surface area (Å²) in [5, 5.41) is 37.8. The SMILES string of the molecule is O=C(O)/C(=C/c1cc(I)c(O)c([N+](=O)[O-])c1)Sc1n[nH]c(-c2ccc(Cl)cc2)n1. The van der Waals surface area contributed by atoms with Crippen molar-refractivity contribution in [3.8, 4) is 17.1 Å². The zero-order valence-electron chi connectivity index (χ0n) is 14.2. The van der Waals surface area contributed by atoms with Crippen LogP contribution >= 0.6 is 46.0 Å². The van der Waals surface area contributed by atoms with Gasteiger partial charge in [-0.2, -0.15) is 0 Å². The second-order valence-corrected chi connectivity index (χ2v) is 8.12. The van der Waals surface area contributed by atoms with Crippen molar-refractivity contribution in [1.29, 1.82) is 0 Å². The number of aromatic amines is 1. The van der Waals surface area contributed by atoms with E-state index in [0.717, 1.165) is 23.4 Å². The molecule has 0 spiro atoms. The summed E-state index contributed by atoms with van der Waals surface area (Å²) in [6.07, 6.45) is 1.25. The highest BCUT2D eigenvalue weighted by molar-refractivity contribution is 14.1. The predicted molar refractivity (Wildman–Crippen MR) is 116 cm³/mol. The quantitative estimate of drug-likeness (QED) is 0.135. The molecule has 0 saturated carbocycles. The molecule has 29 heavy (non-hydrogen) atoms. The number of carbonyl (C=O) groups is 1. The normalized spacial score (nSPS) is 11.4. The number of aromatic hydroxyl groups is 1. The number of benzene rings is 2. The molecule has 0 unspecified atom stereocenters. The molecule has 1 heterocycles. The fraction of sp³-hybridized carbons (Fsp3) is 0. The zero-order valence-corrected chi connectivity index (χ0v) is 17.9. The number of nitro groups is 1. The number of phenolic OH excluding ortho intramolecular Hbond substituents is 1. The van der Waals surface area contributed by atoms with Crippen LogP contribution in [0.2, 0.25) is 5.02 Å². The smallest absolute Gasteiger partial charge is 0.342 e. The van der Waals surface area contributed by atoms with E-state index in [2.05, 4.69) is 15.2 Å². The summed E-state index contributed by atoms with van der Waals surface area (Å²) < 4.78 is 0.223. The highest BCUT2D eigenvalue weighted by atomic mass is 127. The minimum absolute atomic E-state index is 0.151. The maximum atomic E-state index is 11.6. The summed E-state index contributed by atoms with van der Waals surface area (Å²) in [5.41, 5.74) is 0.455. The van der Waals surface area contributed by atoms with E-state index in [1.54, 1.807) is 46.9 Å². The fourth-order valence-corrected chi connectivity index (χ4v) is 3.71. The van der Waals surface area contributed by atoms with Crippen molar-refractivity contribution in [2.45, 2.75) is 5.16 Å². The van der Waals surface area contributed by atoms with Gasteiger partial charge in [-0.25, -0.2) is 9.78 Å². The van der Waals surface area contributed by atoms with Crippen molar-refractivity contribution in [2.75, 3.05) is 0 Å². The molecule has 2 aromatic carbocycles. The Bertz CT molecular complexity index is 1130. The van der Waals surface area contributed by atoms with E-state index in [0.29, 0.717) is 10.8 Å². The summed E-state index contributed by atoms with van der Waals surface area (Å²) in [7, 11) is 0. The number of hydrogen-bond donors (Lipinski definition) is 3. The monoisotopic (exact) mass is 544 g/mol. The molecule has 0 fully saturated rings. The first-order chi connectivity index (χ1) is 13.7. The minimum atomic E-state index is -1.25. The highest BCUT2D eigenvalue weighted by Crippen LogP contribution is 2.34. The lowest BCUT2D eigenvalue weighted by molar-refractivity contribution is -0.386. The minimum Gasteiger partial charge on any atom is -0.501 e. The molecular weight excluding hydrogens is 535 g/mol. The Labute approximate surface area is 186 Å². The number of phenols is 1. The van der Waals surface area contributed by atoms with Gasteiger partial charge in [-0.3, -0.25) is 15.2 Å². The maximum absolute atomic E-state index is 11.6. The number of halogens is 2. The van der Waals surface area contributed by atoms with Crippen LogP contribution in [0.3, 0.4) is 0 Å². The lowest BCUT2D eigenvalue weighted by Gasteiger charge is -2.03. The van der Waals surface area contributed by atoms with Gasteiger partial charge in [0.05, 0.1) is 8.49 Å². The Balaban J connectivity index is 1.91. The Morgan fingerprint density at radius 3 is 2.62 bits per heavy atom. The van der Waals surface area contributed by atoms with E-state index in [-0.39, 0.29) is 19.2 Å². The Hall–Kier alpha value is -2.64. The van der Waals surface area contributed by atoms with E-state index < -0.39 is 22.3 Å². The second-order valence-electron chi connectivity index (χ2n) is 5.52. The number of thioether (sulfide) groups is 1. The summed E-state index contributed by atoms with van der Waals surface area (Å²) in [6, 6.07) is 9.38. The molecule has 3 rings (SSSR count).